The molecule has 1 aromatic heterocycles. The molecule has 2 rings (SSSR count). The first-order valence-corrected chi connectivity index (χ1v) is 6.21. The monoisotopic (exact) mass is 280 g/mol. The lowest BCUT2D eigenvalue weighted by Gasteiger charge is -2.11. The van der Waals surface area contributed by atoms with E-state index in [1.54, 1.807) is 12.3 Å². The summed E-state index contributed by atoms with van der Waals surface area (Å²) in [5, 5.41) is 3.11. The Morgan fingerprint density at radius 1 is 1.37 bits per heavy atom. The highest BCUT2D eigenvalue weighted by Gasteiger charge is 2.08. The summed E-state index contributed by atoms with van der Waals surface area (Å²) in [4.78, 5) is 4.22. The van der Waals surface area contributed by atoms with Crippen LogP contribution in [0.2, 0.25) is 5.02 Å². The van der Waals surface area contributed by atoms with Crippen molar-refractivity contribution in [3.05, 3.63) is 52.6 Å². The van der Waals surface area contributed by atoms with Crippen LogP contribution in [0.4, 0.5) is 4.39 Å². The number of ether oxygens (including phenoxy) is 1. The molecule has 0 saturated carbocycles. The van der Waals surface area contributed by atoms with Gasteiger partial charge in [-0.25, -0.2) is 4.39 Å². The Kier molecular flexibility index (Phi) is 4.35. The van der Waals surface area contributed by atoms with Gasteiger partial charge in [0.1, 0.15) is 17.3 Å². The second kappa shape index (κ2) is 5.99. The largest absolute Gasteiger partial charge is 0.457 e. The van der Waals surface area contributed by atoms with Crippen molar-refractivity contribution in [3.8, 4) is 11.5 Å². The van der Waals surface area contributed by atoms with Gasteiger partial charge in [0.15, 0.2) is 0 Å². The fraction of sp³-hybridized carbons (Fsp3) is 0.214. The maximum atomic E-state index is 13.4. The van der Waals surface area contributed by atoms with Crippen LogP contribution in [-0.2, 0) is 6.54 Å². The van der Waals surface area contributed by atoms with Crippen molar-refractivity contribution < 1.29 is 9.13 Å². The minimum absolute atomic E-state index is 0.0775. The lowest BCUT2D eigenvalue weighted by Crippen LogP contribution is -2.07. The predicted octanol–water partition coefficient (Wildman–Crippen LogP) is 3.69. The van der Waals surface area contributed by atoms with E-state index in [1.165, 1.54) is 12.1 Å². The lowest BCUT2D eigenvalue weighted by molar-refractivity contribution is 0.467. The minimum atomic E-state index is -0.500. The van der Waals surface area contributed by atoms with Gasteiger partial charge in [-0.15, -0.1) is 0 Å². The fourth-order valence-electron chi connectivity index (χ4n) is 1.65. The summed E-state index contributed by atoms with van der Waals surface area (Å²) >= 11 is 5.64. The van der Waals surface area contributed by atoms with Crippen molar-refractivity contribution in [2.24, 2.45) is 0 Å². The van der Waals surface area contributed by atoms with Crippen LogP contribution in [0, 0.1) is 12.7 Å². The maximum absolute atomic E-state index is 13.4. The van der Waals surface area contributed by atoms with E-state index in [1.807, 2.05) is 20.0 Å². The zero-order valence-corrected chi connectivity index (χ0v) is 11.5. The predicted molar refractivity (Wildman–Crippen MR) is 73.2 cm³/mol. The third-order valence-corrected chi connectivity index (χ3v) is 2.87. The SMILES string of the molecule is CNCc1cnc(C)cc1Oc1ccc(Cl)c(F)c1. The lowest BCUT2D eigenvalue weighted by atomic mass is 10.2. The van der Waals surface area contributed by atoms with Crippen LogP contribution in [-0.4, -0.2) is 12.0 Å². The molecule has 1 heterocycles. The van der Waals surface area contributed by atoms with Gasteiger partial charge in [-0.05, 0) is 26.1 Å². The van der Waals surface area contributed by atoms with Crippen molar-refractivity contribution in [2.45, 2.75) is 13.5 Å². The van der Waals surface area contributed by atoms with Crippen LogP contribution in [0.25, 0.3) is 0 Å². The molecular weight excluding hydrogens is 267 g/mol. The summed E-state index contributed by atoms with van der Waals surface area (Å²) in [6.45, 7) is 2.50. The number of aryl methyl sites for hydroxylation is 1. The summed E-state index contributed by atoms with van der Waals surface area (Å²) in [7, 11) is 1.84. The second-order valence-electron chi connectivity index (χ2n) is 4.14. The van der Waals surface area contributed by atoms with Gasteiger partial charge < -0.3 is 10.1 Å². The highest BCUT2D eigenvalue weighted by atomic mass is 35.5. The number of benzene rings is 1. The molecule has 0 atom stereocenters. The van der Waals surface area contributed by atoms with E-state index < -0.39 is 5.82 Å². The third-order valence-electron chi connectivity index (χ3n) is 2.57. The first kappa shape index (κ1) is 13.8. The molecule has 2 aromatic rings. The molecule has 0 radical (unpaired) electrons. The van der Waals surface area contributed by atoms with Gasteiger partial charge in [-0.3, -0.25) is 4.98 Å². The molecule has 0 fully saturated rings. The average molecular weight is 281 g/mol. The molecule has 100 valence electrons. The quantitative estimate of drug-likeness (QED) is 0.927. The molecule has 0 aliphatic carbocycles. The Morgan fingerprint density at radius 3 is 2.84 bits per heavy atom. The molecule has 0 aliphatic rings. The molecular formula is C14H14ClFN2O. The molecule has 0 spiro atoms. The zero-order valence-electron chi connectivity index (χ0n) is 10.7. The van der Waals surface area contributed by atoms with Crippen LogP contribution < -0.4 is 10.1 Å². The van der Waals surface area contributed by atoms with Gasteiger partial charge in [-0.2, -0.15) is 0 Å². The molecule has 1 aromatic carbocycles. The molecule has 1 N–H and O–H groups in total. The smallest absolute Gasteiger partial charge is 0.145 e. The van der Waals surface area contributed by atoms with Crippen LogP contribution in [0.1, 0.15) is 11.3 Å². The maximum Gasteiger partial charge on any atom is 0.145 e. The Labute approximate surface area is 116 Å². The number of hydrogen-bond donors (Lipinski definition) is 1. The van der Waals surface area contributed by atoms with Crippen LogP contribution in [0.5, 0.6) is 11.5 Å². The third kappa shape index (κ3) is 3.43. The van der Waals surface area contributed by atoms with E-state index in [-0.39, 0.29) is 5.02 Å². The Balaban J connectivity index is 2.30. The second-order valence-corrected chi connectivity index (χ2v) is 4.55. The Bertz CT molecular complexity index is 590. The van der Waals surface area contributed by atoms with Crippen LogP contribution in [0.15, 0.2) is 30.5 Å². The van der Waals surface area contributed by atoms with E-state index in [0.29, 0.717) is 18.0 Å². The first-order chi connectivity index (χ1) is 9.10. The van der Waals surface area contributed by atoms with Gasteiger partial charge in [0.2, 0.25) is 0 Å². The zero-order chi connectivity index (χ0) is 13.8. The first-order valence-electron chi connectivity index (χ1n) is 5.83. The van der Waals surface area contributed by atoms with E-state index in [4.69, 9.17) is 16.3 Å². The van der Waals surface area contributed by atoms with Gasteiger partial charge in [0.05, 0.1) is 5.02 Å². The topological polar surface area (TPSA) is 34.2 Å². The number of nitrogens with zero attached hydrogens (tertiary/aromatic N) is 1. The van der Waals surface area contributed by atoms with Crippen molar-refractivity contribution in [2.75, 3.05) is 7.05 Å². The van der Waals surface area contributed by atoms with Gasteiger partial charge in [-0.1, -0.05) is 11.6 Å². The van der Waals surface area contributed by atoms with Gasteiger partial charge in [0.25, 0.3) is 0 Å². The molecule has 19 heavy (non-hydrogen) atoms. The Morgan fingerprint density at radius 2 is 2.16 bits per heavy atom. The molecule has 5 heteroatoms. The van der Waals surface area contributed by atoms with E-state index in [2.05, 4.69) is 10.3 Å². The van der Waals surface area contributed by atoms with Crippen LogP contribution in [0.3, 0.4) is 0 Å². The summed E-state index contributed by atoms with van der Waals surface area (Å²) < 4.78 is 19.1. The highest BCUT2D eigenvalue weighted by molar-refractivity contribution is 6.30. The van der Waals surface area contributed by atoms with E-state index >= 15 is 0 Å². The summed E-state index contributed by atoms with van der Waals surface area (Å²) in [6.07, 6.45) is 1.74. The number of nitrogens with one attached hydrogen (secondary N) is 1. The molecule has 0 unspecified atom stereocenters. The van der Waals surface area contributed by atoms with Crippen molar-refractivity contribution in [1.82, 2.24) is 10.3 Å². The average Bonchev–Trinajstić information content (AvgIpc) is 2.37. The fourth-order valence-corrected chi connectivity index (χ4v) is 1.77. The van der Waals surface area contributed by atoms with E-state index in [9.17, 15) is 4.39 Å². The summed E-state index contributed by atoms with van der Waals surface area (Å²) in [5.41, 5.74) is 1.74. The van der Waals surface area contributed by atoms with Gasteiger partial charge in [0, 0.05) is 36.1 Å². The normalized spacial score (nSPS) is 10.5. The number of hydrogen-bond acceptors (Lipinski definition) is 3. The van der Waals surface area contributed by atoms with Crippen LogP contribution >= 0.6 is 11.6 Å². The Hall–Kier alpha value is -1.65. The number of pyridine rings is 1. The standard InChI is InChI=1S/C14H14ClFN2O/c1-9-5-14(10(7-17-2)8-18-9)19-11-3-4-12(15)13(16)6-11/h3-6,8,17H,7H2,1-2H3. The summed E-state index contributed by atoms with van der Waals surface area (Å²) in [5.74, 6) is 0.563. The molecule has 0 bridgehead atoms. The van der Waals surface area contributed by atoms with Crippen molar-refractivity contribution >= 4 is 11.6 Å². The summed E-state index contributed by atoms with van der Waals surface area (Å²) in [6, 6.07) is 6.18. The molecule has 3 nitrogen and oxygen atoms in total. The number of rotatable bonds is 4. The number of halogens is 2. The van der Waals surface area contributed by atoms with E-state index in [0.717, 1.165) is 11.3 Å². The molecule has 0 saturated heterocycles. The van der Waals surface area contributed by atoms with Gasteiger partial charge >= 0.3 is 0 Å². The number of aromatic nitrogens is 1. The molecule has 0 amide bonds. The highest BCUT2D eigenvalue weighted by Crippen LogP contribution is 2.28. The van der Waals surface area contributed by atoms with Crippen molar-refractivity contribution in [1.29, 1.82) is 0 Å². The molecule has 0 aliphatic heterocycles. The minimum Gasteiger partial charge on any atom is -0.457 e. The van der Waals surface area contributed by atoms with Crippen molar-refractivity contribution in [3.63, 3.8) is 0 Å².